The van der Waals surface area contributed by atoms with Crippen LogP contribution in [-0.4, -0.2) is 58.7 Å². The van der Waals surface area contributed by atoms with Crippen LogP contribution in [0.5, 0.6) is 0 Å². The summed E-state index contributed by atoms with van der Waals surface area (Å²) in [4.78, 5) is 25.6. The minimum absolute atomic E-state index is 0.0821. The van der Waals surface area contributed by atoms with Crippen molar-refractivity contribution in [3.05, 3.63) is 35.4 Å². The summed E-state index contributed by atoms with van der Waals surface area (Å²) in [5.41, 5.74) is 0.986. The van der Waals surface area contributed by atoms with Gasteiger partial charge in [-0.05, 0) is 30.5 Å². The van der Waals surface area contributed by atoms with Gasteiger partial charge in [0.2, 0.25) is 5.91 Å². The molecule has 3 rings (SSSR count). The number of carbonyl (C=O) groups excluding carboxylic acids is 1. The third-order valence-corrected chi connectivity index (χ3v) is 6.07. The van der Waals surface area contributed by atoms with Crippen LogP contribution in [0.15, 0.2) is 24.3 Å². The van der Waals surface area contributed by atoms with Crippen molar-refractivity contribution in [2.75, 3.05) is 32.1 Å². The Bertz CT molecular complexity index is 593. The smallest absolute Gasteiger partial charge is 0.335 e. The van der Waals surface area contributed by atoms with E-state index in [-0.39, 0.29) is 22.6 Å². The highest BCUT2D eigenvalue weighted by Crippen LogP contribution is 2.39. The van der Waals surface area contributed by atoms with E-state index >= 15 is 0 Å². The summed E-state index contributed by atoms with van der Waals surface area (Å²) >= 11 is 1.97. The molecule has 0 aromatic heterocycles. The van der Waals surface area contributed by atoms with Gasteiger partial charge >= 0.3 is 5.97 Å². The van der Waals surface area contributed by atoms with E-state index in [0.717, 1.165) is 50.5 Å². The number of hydrogen-bond donors (Lipinski definition) is 1. The summed E-state index contributed by atoms with van der Waals surface area (Å²) < 4.78 is 5.60. The minimum Gasteiger partial charge on any atom is -0.478 e. The van der Waals surface area contributed by atoms with Crippen molar-refractivity contribution in [1.29, 1.82) is 0 Å². The molecule has 1 spiro atoms. The topological polar surface area (TPSA) is 66.8 Å². The summed E-state index contributed by atoms with van der Waals surface area (Å²) in [5, 5.41) is 9.05. The first-order valence-corrected chi connectivity index (χ1v) is 8.88. The largest absolute Gasteiger partial charge is 0.478 e. The Morgan fingerprint density at radius 3 is 2.83 bits per heavy atom. The van der Waals surface area contributed by atoms with Crippen molar-refractivity contribution in [3.8, 4) is 0 Å². The molecule has 0 atom stereocenters. The molecule has 0 saturated carbocycles. The van der Waals surface area contributed by atoms with E-state index < -0.39 is 5.97 Å². The molecule has 124 valence electrons. The summed E-state index contributed by atoms with van der Waals surface area (Å²) in [6.45, 7) is 3.09. The lowest BCUT2D eigenvalue weighted by atomic mass is 9.97. The van der Waals surface area contributed by atoms with Crippen LogP contribution in [0.4, 0.5) is 0 Å². The van der Waals surface area contributed by atoms with E-state index in [0.29, 0.717) is 0 Å². The molecular weight excluding hydrogens is 314 g/mol. The van der Waals surface area contributed by atoms with Crippen molar-refractivity contribution in [3.63, 3.8) is 0 Å². The molecule has 1 amide bonds. The van der Waals surface area contributed by atoms with Gasteiger partial charge in [0.25, 0.3) is 0 Å². The van der Waals surface area contributed by atoms with Gasteiger partial charge in [-0.25, -0.2) is 4.79 Å². The molecule has 0 unspecified atom stereocenters. The Morgan fingerprint density at radius 2 is 2.09 bits per heavy atom. The number of nitrogens with zero attached hydrogens (tertiary/aromatic N) is 1. The number of rotatable bonds is 3. The number of carboxylic acids is 1. The normalized spacial score (nSPS) is 20.4. The second-order valence-corrected chi connectivity index (χ2v) is 7.70. The molecule has 6 heteroatoms. The van der Waals surface area contributed by atoms with Crippen LogP contribution < -0.4 is 0 Å². The predicted molar refractivity (Wildman–Crippen MR) is 88.9 cm³/mol. The lowest BCUT2D eigenvalue weighted by Gasteiger charge is -2.44. The zero-order chi connectivity index (χ0) is 16.3. The number of carbonyl (C=O) groups is 2. The SMILES string of the molecule is O=C(O)c1cccc(CC(=O)N2CCSC3(CCOCC3)C2)c1. The zero-order valence-electron chi connectivity index (χ0n) is 13.0. The Balaban J connectivity index is 1.65. The van der Waals surface area contributed by atoms with E-state index in [4.69, 9.17) is 9.84 Å². The molecule has 1 N–H and O–H groups in total. The highest BCUT2D eigenvalue weighted by molar-refractivity contribution is 8.00. The third-order valence-electron chi connectivity index (χ3n) is 4.53. The van der Waals surface area contributed by atoms with Crippen molar-refractivity contribution in [2.24, 2.45) is 0 Å². The van der Waals surface area contributed by atoms with Crippen LogP contribution in [0, 0.1) is 0 Å². The second-order valence-electron chi connectivity index (χ2n) is 6.14. The van der Waals surface area contributed by atoms with Crippen molar-refractivity contribution in [2.45, 2.75) is 24.0 Å². The van der Waals surface area contributed by atoms with Crippen LogP contribution in [0.3, 0.4) is 0 Å². The molecule has 1 aromatic carbocycles. The molecule has 2 aliphatic rings. The number of aromatic carboxylic acids is 1. The van der Waals surface area contributed by atoms with Crippen molar-refractivity contribution < 1.29 is 19.4 Å². The predicted octanol–water partition coefficient (Wildman–Crippen LogP) is 2.05. The Kier molecular flexibility index (Phi) is 4.92. The van der Waals surface area contributed by atoms with Crippen molar-refractivity contribution in [1.82, 2.24) is 4.90 Å². The highest BCUT2D eigenvalue weighted by Gasteiger charge is 2.39. The lowest BCUT2D eigenvalue weighted by molar-refractivity contribution is -0.131. The van der Waals surface area contributed by atoms with E-state index in [1.807, 2.05) is 22.7 Å². The van der Waals surface area contributed by atoms with E-state index in [1.165, 1.54) is 0 Å². The maximum Gasteiger partial charge on any atom is 0.335 e. The molecule has 0 aliphatic carbocycles. The number of amides is 1. The summed E-state index contributed by atoms with van der Waals surface area (Å²) in [6, 6.07) is 6.64. The molecule has 2 saturated heterocycles. The molecule has 1 aromatic rings. The van der Waals surface area contributed by atoms with Gasteiger partial charge in [-0.15, -0.1) is 0 Å². The monoisotopic (exact) mass is 335 g/mol. The summed E-state index contributed by atoms with van der Waals surface area (Å²) in [6.07, 6.45) is 2.25. The maximum absolute atomic E-state index is 12.6. The molecular formula is C17H21NO4S. The Morgan fingerprint density at radius 1 is 1.30 bits per heavy atom. The molecule has 5 nitrogen and oxygen atoms in total. The van der Waals surface area contributed by atoms with Gasteiger partial charge in [-0.1, -0.05) is 12.1 Å². The fourth-order valence-electron chi connectivity index (χ4n) is 3.20. The van der Waals surface area contributed by atoms with Crippen LogP contribution in [0.1, 0.15) is 28.8 Å². The number of benzene rings is 1. The second kappa shape index (κ2) is 6.93. The summed E-state index contributed by atoms with van der Waals surface area (Å²) in [7, 11) is 0. The van der Waals surface area contributed by atoms with E-state index in [1.54, 1.807) is 18.2 Å². The Hall–Kier alpha value is -1.53. The Labute approximate surface area is 140 Å². The first-order valence-electron chi connectivity index (χ1n) is 7.90. The first kappa shape index (κ1) is 16.3. The highest BCUT2D eigenvalue weighted by atomic mass is 32.2. The quantitative estimate of drug-likeness (QED) is 0.916. The number of thioether (sulfide) groups is 1. The molecule has 0 radical (unpaired) electrons. The average Bonchev–Trinajstić information content (AvgIpc) is 2.56. The van der Waals surface area contributed by atoms with Gasteiger partial charge in [0.1, 0.15) is 0 Å². The number of ether oxygens (including phenoxy) is 1. The molecule has 2 fully saturated rings. The maximum atomic E-state index is 12.6. The molecule has 2 heterocycles. The third kappa shape index (κ3) is 3.87. The lowest BCUT2D eigenvalue weighted by Crippen LogP contribution is -2.51. The van der Waals surface area contributed by atoms with Gasteiger partial charge in [0.05, 0.1) is 12.0 Å². The van der Waals surface area contributed by atoms with E-state index in [2.05, 4.69) is 0 Å². The van der Waals surface area contributed by atoms with Gasteiger partial charge in [0, 0.05) is 36.8 Å². The fourth-order valence-corrected chi connectivity index (χ4v) is 4.65. The fraction of sp³-hybridized carbons (Fsp3) is 0.529. The van der Waals surface area contributed by atoms with Crippen LogP contribution in [-0.2, 0) is 16.0 Å². The molecule has 23 heavy (non-hydrogen) atoms. The molecule has 0 bridgehead atoms. The van der Waals surface area contributed by atoms with Crippen molar-refractivity contribution >= 4 is 23.6 Å². The average molecular weight is 335 g/mol. The van der Waals surface area contributed by atoms with Gasteiger partial charge in [0.15, 0.2) is 0 Å². The van der Waals surface area contributed by atoms with Gasteiger partial charge in [-0.2, -0.15) is 11.8 Å². The first-order chi connectivity index (χ1) is 11.1. The number of hydrogen-bond acceptors (Lipinski definition) is 4. The summed E-state index contributed by atoms with van der Waals surface area (Å²) in [5.74, 6) is 0.0782. The van der Waals surface area contributed by atoms with Crippen LogP contribution in [0.2, 0.25) is 0 Å². The number of carboxylic acid groups (broad SMARTS) is 1. The molecule has 2 aliphatic heterocycles. The van der Waals surface area contributed by atoms with Gasteiger partial charge in [-0.3, -0.25) is 4.79 Å². The zero-order valence-corrected chi connectivity index (χ0v) is 13.8. The standard InChI is InChI=1S/C17H21NO4S/c19-15(11-13-2-1-3-14(10-13)16(20)21)18-6-9-23-17(12-18)4-7-22-8-5-17/h1-3,10H,4-9,11-12H2,(H,20,21). The van der Waals surface area contributed by atoms with Crippen LogP contribution >= 0.6 is 11.8 Å². The van der Waals surface area contributed by atoms with Crippen LogP contribution in [0.25, 0.3) is 0 Å². The minimum atomic E-state index is -0.963. The van der Waals surface area contributed by atoms with Gasteiger partial charge < -0.3 is 14.7 Å². The van der Waals surface area contributed by atoms with E-state index in [9.17, 15) is 9.59 Å².